The fraction of sp³-hybridized carbons (Fsp3) is 0.364. The van der Waals surface area contributed by atoms with Crippen molar-refractivity contribution in [3.8, 4) is 11.8 Å². The Morgan fingerprint density at radius 2 is 2.29 bits per heavy atom. The predicted molar refractivity (Wildman–Crippen MR) is 50.9 cm³/mol. The Kier molecular flexibility index (Phi) is 2.14. The summed E-state index contributed by atoms with van der Waals surface area (Å²) >= 11 is 0. The van der Waals surface area contributed by atoms with Crippen LogP contribution in [0.3, 0.4) is 0 Å². The van der Waals surface area contributed by atoms with Crippen molar-refractivity contribution in [3.05, 3.63) is 29.8 Å². The van der Waals surface area contributed by atoms with Gasteiger partial charge in [-0.15, -0.1) is 0 Å². The van der Waals surface area contributed by atoms with Gasteiger partial charge in [0.15, 0.2) is 5.60 Å². The lowest BCUT2D eigenvalue weighted by molar-refractivity contribution is 0.00235. The van der Waals surface area contributed by atoms with Crippen LogP contribution in [0.4, 0.5) is 0 Å². The summed E-state index contributed by atoms with van der Waals surface area (Å²) in [5.41, 5.74) is 0.00530. The average Bonchev–Trinajstić information content (AvgIpc) is 2.28. The molecule has 1 aliphatic rings. The predicted octanol–water partition coefficient (Wildman–Crippen LogP) is 1.83. The molecule has 2 rings (SSSR count). The maximum atomic E-state index is 9.16. The summed E-state index contributed by atoms with van der Waals surface area (Å²) in [4.78, 5) is 0. The molecular formula is C11H11NO2. The number of fused-ring (bicyclic) bond motifs is 1. The van der Waals surface area contributed by atoms with Crippen LogP contribution in [0.15, 0.2) is 24.3 Å². The minimum Gasteiger partial charge on any atom is -0.493 e. The minimum absolute atomic E-state index is 0.526. The Balaban J connectivity index is 2.55. The molecule has 3 heteroatoms. The van der Waals surface area contributed by atoms with E-state index in [2.05, 4.69) is 6.07 Å². The maximum absolute atomic E-state index is 9.16. The van der Waals surface area contributed by atoms with Crippen LogP contribution < -0.4 is 4.74 Å². The molecule has 1 aromatic rings. The fourth-order valence-corrected chi connectivity index (χ4v) is 1.74. The second-order valence-corrected chi connectivity index (χ2v) is 3.24. The van der Waals surface area contributed by atoms with Gasteiger partial charge in [0.1, 0.15) is 11.8 Å². The van der Waals surface area contributed by atoms with Crippen LogP contribution in [-0.2, 0) is 10.3 Å². The van der Waals surface area contributed by atoms with E-state index in [-0.39, 0.29) is 0 Å². The molecule has 0 N–H and O–H groups in total. The summed E-state index contributed by atoms with van der Waals surface area (Å²) in [6.45, 7) is 0.526. The van der Waals surface area contributed by atoms with Crippen LogP contribution in [0.5, 0.6) is 5.75 Å². The van der Waals surface area contributed by atoms with E-state index in [1.807, 2.05) is 24.3 Å². The van der Waals surface area contributed by atoms with Crippen molar-refractivity contribution in [2.75, 3.05) is 13.7 Å². The van der Waals surface area contributed by atoms with Crippen molar-refractivity contribution in [2.45, 2.75) is 12.0 Å². The molecule has 0 saturated carbocycles. The van der Waals surface area contributed by atoms with Crippen molar-refractivity contribution in [1.29, 1.82) is 5.26 Å². The Labute approximate surface area is 82.9 Å². The molecule has 0 radical (unpaired) electrons. The molecule has 0 aliphatic carbocycles. The molecule has 1 aromatic carbocycles. The molecule has 14 heavy (non-hydrogen) atoms. The zero-order valence-electron chi connectivity index (χ0n) is 7.99. The maximum Gasteiger partial charge on any atom is 0.185 e. The van der Waals surface area contributed by atoms with Crippen molar-refractivity contribution in [2.24, 2.45) is 0 Å². The average molecular weight is 189 g/mol. The first-order chi connectivity index (χ1) is 6.82. The summed E-state index contributed by atoms with van der Waals surface area (Å²) in [6.07, 6.45) is 0.580. The summed E-state index contributed by atoms with van der Waals surface area (Å²) in [5, 5.41) is 9.16. The fourth-order valence-electron chi connectivity index (χ4n) is 1.74. The zero-order chi connectivity index (χ0) is 10.0. The van der Waals surface area contributed by atoms with Gasteiger partial charge in [0.25, 0.3) is 0 Å². The Morgan fingerprint density at radius 1 is 1.50 bits per heavy atom. The molecule has 0 fully saturated rings. The smallest absolute Gasteiger partial charge is 0.185 e. The van der Waals surface area contributed by atoms with E-state index in [0.29, 0.717) is 13.0 Å². The van der Waals surface area contributed by atoms with E-state index in [9.17, 15) is 0 Å². The molecule has 0 aromatic heterocycles. The molecular weight excluding hydrogens is 178 g/mol. The highest BCUT2D eigenvalue weighted by atomic mass is 16.5. The first kappa shape index (κ1) is 9.04. The highest BCUT2D eigenvalue weighted by molar-refractivity contribution is 5.43. The molecule has 0 bridgehead atoms. The van der Waals surface area contributed by atoms with Gasteiger partial charge in [-0.1, -0.05) is 18.2 Å². The second kappa shape index (κ2) is 3.32. The summed E-state index contributed by atoms with van der Waals surface area (Å²) < 4.78 is 10.8. The van der Waals surface area contributed by atoms with E-state index in [0.717, 1.165) is 11.3 Å². The summed E-state index contributed by atoms with van der Waals surface area (Å²) in [6, 6.07) is 9.74. The van der Waals surface area contributed by atoms with Gasteiger partial charge in [-0.05, 0) is 6.07 Å². The lowest BCUT2D eigenvalue weighted by Gasteiger charge is -2.31. The standard InChI is InChI=1S/C11H11NO2/c1-13-11(8-12)6-7-14-10-5-3-2-4-9(10)11/h2-5H,6-7H2,1H3. The highest BCUT2D eigenvalue weighted by Crippen LogP contribution is 2.38. The molecule has 1 aliphatic heterocycles. The summed E-state index contributed by atoms with van der Waals surface area (Å²) in [5.74, 6) is 0.752. The van der Waals surface area contributed by atoms with E-state index in [1.54, 1.807) is 7.11 Å². The number of rotatable bonds is 1. The Hall–Kier alpha value is -1.53. The third-order valence-corrected chi connectivity index (χ3v) is 2.56. The highest BCUT2D eigenvalue weighted by Gasteiger charge is 2.37. The number of hydrogen-bond donors (Lipinski definition) is 0. The van der Waals surface area contributed by atoms with E-state index >= 15 is 0 Å². The molecule has 0 amide bonds. The van der Waals surface area contributed by atoms with Crippen molar-refractivity contribution < 1.29 is 9.47 Å². The van der Waals surface area contributed by atoms with Crippen molar-refractivity contribution in [1.82, 2.24) is 0 Å². The largest absolute Gasteiger partial charge is 0.493 e. The number of para-hydroxylation sites is 1. The lowest BCUT2D eigenvalue weighted by atomic mass is 9.89. The third kappa shape index (κ3) is 1.16. The number of benzene rings is 1. The number of hydrogen-bond acceptors (Lipinski definition) is 3. The van der Waals surface area contributed by atoms with Crippen LogP contribution in [-0.4, -0.2) is 13.7 Å². The van der Waals surface area contributed by atoms with Crippen LogP contribution in [0.1, 0.15) is 12.0 Å². The van der Waals surface area contributed by atoms with Gasteiger partial charge in [-0.25, -0.2) is 0 Å². The van der Waals surface area contributed by atoms with Gasteiger partial charge >= 0.3 is 0 Å². The number of nitrogens with zero attached hydrogens (tertiary/aromatic N) is 1. The molecule has 0 spiro atoms. The van der Waals surface area contributed by atoms with Crippen LogP contribution in [0, 0.1) is 11.3 Å². The first-order valence-corrected chi connectivity index (χ1v) is 4.51. The van der Waals surface area contributed by atoms with E-state index < -0.39 is 5.60 Å². The molecule has 72 valence electrons. The lowest BCUT2D eigenvalue weighted by Crippen LogP contribution is -2.33. The van der Waals surface area contributed by atoms with Crippen molar-refractivity contribution in [3.63, 3.8) is 0 Å². The van der Waals surface area contributed by atoms with Gasteiger partial charge in [0.05, 0.1) is 6.61 Å². The number of methoxy groups -OCH3 is 1. The molecule has 1 heterocycles. The zero-order valence-corrected chi connectivity index (χ0v) is 7.99. The Bertz CT molecular complexity index is 383. The topological polar surface area (TPSA) is 42.2 Å². The number of ether oxygens (including phenoxy) is 2. The monoisotopic (exact) mass is 189 g/mol. The van der Waals surface area contributed by atoms with Crippen LogP contribution in [0.2, 0.25) is 0 Å². The first-order valence-electron chi connectivity index (χ1n) is 4.51. The van der Waals surface area contributed by atoms with Gasteiger partial charge in [-0.2, -0.15) is 5.26 Å². The summed E-state index contributed by atoms with van der Waals surface area (Å²) in [7, 11) is 1.56. The second-order valence-electron chi connectivity index (χ2n) is 3.24. The normalized spacial score (nSPS) is 24.6. The van der Waals surface area contributed by atoms with Gasteiger partial charge in [0.2, 0.25) is 0 Å². The van der Waals surface area contributed by atoms with Gasteiger partial charge in [0, 0.05) is 19.1 Å². The SMILES string of the molecule is COC1(C#N)CCOc2ccccc21. The van der Waals surface area contributed by atoms with E-state index in [4.69, 9.17) is 14.7 Å². The molecule has 3 nitrogen and oxygen atoms in total. The minimum atomic E-state index is -0.825. The molecule has 1 unspecified atom stereocenters. The quantitative estimate of drug-likeness (QED) is 0.676. The van der Waals surface area contributed by atoms with Gasteiger partial charge in [-0.3, -0.25) is 0 Å². The van der Waals surface area contributed by atoms with Crippen molar-refractivity contribution >= 4 is 0 Å². The van der Waals surface area contributed by atoms with Crippen LogP contribution >= 0.6 is 0 Å². The third-order valence-electron chi connectivity index (χ3n) is 2.56. The molecule has 0 saturated heterocycles. The molecule has 1 atom stereocenters. The Morgan fingerprint density at radius 3 is 3.00 bits per heavy atom. The van der Waals surface area contributed by atoms with Crippen LogP contribution in [0.25, 0.3) is 0 Å². The van der Waals surface area contributed by atoms with Gasteiger partial charge < -0.3 is 9.47 Å². The van der Waals surface area contributed by atoms with E-state index in [1.165, 1.54) is 0 Å². The number of nitriles is 1.